The molecule has 0 atom stereocenters. The zero-order valence-electron chi connectivity index (χ0n) is 21.5. The Labute approximate surface area is 226 Å². The molecule has 9 nitrogen and oxygen atoms in total. The van der Waals surface area contributed by atoms with Crippen LogP contribution in [0.4, 0.5) is 24.7 Å². The average Bonchev–Trinajstić information content (AvgIpc) is 2.96. The Morgan fingerprint density at radius 2 is 1.73 bits per heavy atom. The highest BCUT2D eigenvalue weighted by Gasteiger charge is 2.36. The summed E-state index contributed by atoms with van der Waals surface area (Å²) < 4.78 is 44.5. The van der Waals surface area contributed by atoms with Crippen molar-refractivity contribution in [3.63, 3.8) is 0 Å². The lowest BCUT2D eigenvalue weighted by atomic mass is 10.1. The number of rotatable bonds is 4. The molecule has 1 aliphatic rings. The fraction of sp³-hybridized carbons (Fsp3) is 0.214. The van der Waals surface area contributed by atoms with Gasteiger partial charge < -0.3 is 10.6 Å². The summed E-state index contributed by atoms with van der Waals surface area (Å²) in [6.07, 6.45) is -1.46. The van der Waals surface area contributed by atoms with Gasteiger partial charge in [0.25, 0.3) is 5.56 Å². The van der Waals surface area contributed by atoms with Gasteiger partial charge in [0.1, 0.15) is 11.3 Å². The van der Waals surface area contributed by atoms with Gasteiger partial charge in [-0.1, -0.05) is 0 Å². The number of alkyl halides is 3. The van der Waals surface area contributed by atoms with Gasteiger partial charge in [-0.2, -0.15) is 13.2 Å². The molecule has 5 heterocycles. The van der Waals surface area contributed by atoms with E-state index >= 15 is 0 Å². The fourth-order valence-corrected chi connectivity index (χ4v) is 5.08. The highest BCUT2D eigenvalue weighted by atomic mass is 19.4. The highest BCUT2D eigenvalue weighted by molar-refractivity contribution is 6.02. The number of benzene rings is 1. The molecule has 0 amide bonds. The molecule has 0 spiro atoms. The molecule has 5 aromatic rings. The number of nitrogens with zero attached hydrogens (tertiary/aromatic N) is 6. The summed E-state index contributed by atoms with van der Waals surface area (Å²) in [4.78, 5) is 28.3. The van der Waals surface area contributed by atoms with Crippen LogP contribution in [0.5, 0.6) is 0 Å². The minimum atomic E-state index is -4.63. The van der Waals surface area contributed by atoms with Crippen molar-refractivity contribution in [3.05, 3.63) is 82.9 Å². The van der Waals surface area contributed by atoms with Gasteiger partial charge in [-0.15, -0.1) is 0 Å². The van der Waals surface area contributed by atoms with E-state index in [1.165, 1.54) is 16.7 Å². The molecule has 12 heteroatoms. The molecule has 0 saturated carbocycles. The number of nitrogens with one attached hydrogen (secondary N) is 1. The van der Waals surface area contributed by atoms with E-state index in [4.69, 9.17) is 10.7 Å². The Morgan fingerprint density at radius 3 is 2.42 bits per heavy atom. The molecular weight excluding hydrogens is 521 g/mol. The van der Waals surface area contributed by atoms with E-state index in [9.17, 15) is 18.0 Å². The van der Waals surface area contributed by atoms with Crippen LogP contribution in [0.25, 0.3) is 38.9 Å². The predicted octanol–water partition coefficient (Wildman–Crippen LogP) is 3.85. The van der Waals surface area contributed by atoms with E-state index in [1.807, 2.05) is 5.01 Å². The van der Waals surface area contributed by atoms with Gasteiger partial charge in [-0.25, -0.2) is 15.0 Å². The number of fused-ring (bicyclic) bond motifs is 3. The number of pyridine rings is 4. The molecule has 0 bridgehead atoms. The number of hydrogen-bond donors (Lipinski definition) is 2. The second-order valence-corrected chi connectivity index (χ2v) is 9.50. The maximum atomic E-state index is 14.4. The number of aromatic nitrogens is 4. The highest BCUT2D eigenvalue weighted by Crippen LogP contribution is 2.39. The van der Waals surface area contributed by atoms with Crippen LogP contribution in [0.1, 0.15) is 5.56 Å². The summed E-state index contributed by atoms with van der Waals surface area (Å²) in [5.41, 5.74) is 10.1. The average molecular weight is 547 g/mol. The zero-order valence-corrected chi connectivity index (χ0v) is 21.5. The van der Waals surface area contributed by atoms with E-state index in [1.54, 1.807) is 60.7 Å². The summed E-state index contributed by atoms with van der Waals surface area (Å²) in [5.74, 6) is 0.360. The van der Waals surface area contributed by atoms with Crippen LogP contribution in [0.3, 0.4) is 0 Å². The Kier molecular flexibility index (Phi) is 6.35. The number of hydrazine groups is 1. The molecule has 40 heavy (non-hydrogen) atoms. The van der Waals surface area contributed by atoms with Crippen molar-refractivity contribution in [2.75, 3.05) is 43.9 Å². The lowest BCUT2D eigenvalue weighted by Crippen LogP contribution is -2.51. The molecule has 1 saturated heterocycles. The van der Waals surface area contributed by atoms with Crippen LogP contribution in [-0.4, -0.2) is 57.8 Å². The summed E-state index contributed by atoms with van der Waals surface area (Å²) >= 11 is 0. The second kappa shape index (κ2) is 9.88. The number of halogens is 3. The van der Waals surface area contributed by atoms with Crippen LogP contribution in [-0.2, 0) is 6.18 Å². The minimum Gasteiger partial charge on any atom is -0.384 e. The first-order valence-corrected chi connectivity index (χ1v) is 12.7. The summed E-state index contributed by atoms with van der Waals surface area (Å²) in [6, 6.07) is 13.9. The SMILES string of the molecule is CNN1CCN(c2ccc(-n3c(=O)ccc4cnc5ccc(-c6ccc(N)nc6)nc5c43)cc2C(F)(F)F)CC1. The molecule has 1 aliphatic heterocycles. The molecule has 6 rings (SSSR count). The van der Waals surface area contributed by atoms with E-state index in [2.05, 4.69) is 15.4 Å². The maximum Gasteiger partial charge on any atom is 0.418 e. The van der Waals surface area contributed by atoms with Crippen LogP contribution in [0, 0.1) is 0 Å². The third-order valence-corrected chi connectivity index (χ3v) is 7.13. The molecule has 0 aliphatic carbocycles. The van der Waals surface area contributed by atoms with Crippen LogP contribution in [0.2, 0.25) is 0 Å². The Hall–Kier alpha value is -4.55. The molecule has 0 unspecified atom stereocenters. The number of anilines is 2. The van der Waals surface area contributed by atoms with E-state index < -0.39 is 17.3 Å². The van der Waals surface area contributed by atoms with Gasteiger partial charge in [0.2, 0.25) is 0 Å². The van der Waals surface area contributed by atoms with Crippen molar-refractivity contribution < 1.29 is 13.2 Å². The standard InChI is InChI=1S/C28H25F3N8O/c1-33-38-12-10-37(11-13-38)23-7-4-19(14-20(23)28(29,30)31)39-25(40)9-3-18-16-34-22-6-5-21(36-26(22)27(18)39)17-2-8-24(32)35-15-17/h2-9,14-16,33H,10-13H2,1H3,(H2,32,35). The van der Waals surface area contributed by atoms with Crippen molar-refractivity contribution in [2.24, 2.45) is 0 Å². The zero-order chi connectivity index (χ0) is 28.0. The number of nitrogens with two attached hydrogens (primary N) is 1. The number of hydrogen-bond acceptors (Lipinski definition) is 8. The maximum absolute atomic E-state index is 14.4. The first kappa shape index (κ1) is 25.7. The lowest BCUT2D eigenvalue weighted by Gasteiger charge is -2.36. The molecule has 1 aromatic carbocycles. The van der Waals surface area contributed by atoms with Crippen molar-refractivity contribution >= 4 is 33.4 Å². The van der Waals surface area contributed by atoms with Crippen LogP contribution in [0.15, 0.2) is 71.8 Å². The van der Waals surface area contributed by atoms with Gasteiger partial charge in [-0.05, 0) is 55.6 Å². The van der Waals surface area contributed by atoms with Gasteiger partial charge in [-0.3, -0.25) is 19.8 Å². The summed E-state index contributed by atoms with van der Waals surface area (Å²) in [6.45, 7) is 2.02. The first-order valence-electron chi connectivity index (χ1n) is 12.7. The van der Waals surface area contributed by atoms with Gasteiger partial charge in [0.15, 0.2) is 0 Å². The van der Waals surface area contributed by atoms with Crippen molar-refractivity contribution in [1.29, 1.82) is 0 Å². The molecular formula is C28H25F3N8O. The predicted molar refractivity (Wildman–Crippen MR) is 148 cm³/mol. The van der Waals surface area contributed by atoms with Gasteiger partial charge in [0, 0.05) is 61.3 Å². The van der Waals surface area contributed by atoms with E-state index in [-0.39, 0.29) is 11.4 Å². The summed E-state index contributed by atoms with van der Waals surface area (Å²) in [7, 11) is 1.79. The Bertz CT molecular complexity index is 1780. The third-order valence-electron chi connectivity index (χ3n) is 7.13. The third kappa shape index (κ3) is 4.61. The van der Waals surface area contributed by atoms with Gasteiger partial charge >= 0.3 is 6.18 Å². The largest absolute Gasteiger partial charge is 0.418 e. The monoisotopic (exact) mass is 546 g/mol. The summed E-state index contributed by atoms with van der Waals surface area (Å²) in [5, 5.41) is 2.52. The molecule has 1 fully saturated rings. The second-order valence-electron chi connectivity index (χ2n) is 9.50. The number of piperazine rings is 1. The van der Waals surface area contributed by atoms with Crippen LogP contribution < -0.4 is 21.6 Å². The lowest BCUT2D eigenvalue weighted by molar-refractivity contribution is -0.137. The van der Waals surface area contributed by atoms with Crippen LogP contribution >= 0.6 is 0 Å². The fourth-order valence-electron chi connectivity index (χ4n) is 5.08. The molecule has 4 aromatic heterocycles. The smallest absolute Gasteiger partial charge is 0.384 e. The van der Waals surface area contributed by atoms with Crippen molar-refractivity contribution in [1.82, 2.24) is 30.0 Å². The van der Waals surface area contributed by atoms with Crippen molar-refractivity contribution in [3.8, 4) is 16.9 Å². The molecule has 204 valence electrons. The molecule has 3 N–H and O–H groups in total. The quantitative estimate of drug-likeness (QED) is 0.328. The topological polar surface area (TPSA) is 105 Å². The molecule has 0 radical (unpaired) electrons. The Morgan fingerprint density at radius 1 is 0.925 bits per heavy atom. The van der Waals surface area contributed by atoms with Crippen molar-refractivity contribution in [2.45, 2.75) is 6.18 Å². The number of nitrogen functional groups attached to an aromatic ring is 1. The van der Waals surface area contributed by atoms with Gasteiger partial charge in [0.05, 0.1) is 28.0 Å². The van der Waals surface area contributed by atoms with E-state index in [0.717, 1.165) is 6.07 Å². The normalized spacial score (nSPS) is 14.8. The first-order chi connectivity index (χ1) is 19.2. The Balaban J connectivity index is 1.55. The minimum absolute atomic E-state index is 0.0862. The van der Waals surface area contributed by atoms with E-state index in [0.29, 0.717) is 65.2 Å².